The van der Waals surface area contributed by atoms with Crippen LogP contribution in [-0.2, 0) is 9.53 Å². The van der Waals surface area contributed by atoms with Crippen LogP contribution in [0.25, 0.3) is 11.8 Å². The number of imide groups is 1. The Morgan fingerprint density at radius 1 is 1.25 bits per heavy atom. The molecule has 0 aliphatic rings. The predicted octanol–water partition coefficient (Wildman–Crippen LogP) is 2.37. The van der Waals surface area contributed by atoms with Gasteiger partial charge in [0.2, 0.25) is 0 Å². The third-order valence-corrected chi connectivity index (χ3v) is 4.01. The van der Waals surface area contributed by atoms with Gasteiger partial charge in [-0.15, -0.1) is 0 Å². The Hall–Kier alpha value is -3.86. The number of primary amides is 1. The number of hydrogen-bond acceptors (Lipinski definition) is 5. The molecule has 0 atom stereocenters. The molecule has 3 amide bonds. The molecule has 1 heterocycles. The lowest BCUT2D eigenvalue weighted by Gasteiger charge is -2.10. The first-order valence-corrected chi connectivity index (χ1v) is 8.47. The Bertz CT molecular complexity index is 994. The van der Waals surface area contributed by atoms with E-state index >= 15 is 0 Å². The van der Waals surface area contributed by atoms with E-state index in [4.69, 9.17) is 10.5 Å². The zero-order valence-corrected chi connectivity index (χ0v) is 15.8. The van der Waals surface area contributed by atoms with Gasteiger partial charge in [-0.3, -0.25) is 10.1 Å². The summed E-state index contributed by atoms with van der Waals surface area (Å²) in [6.07, 6.45) is 1.39. The van der Waals surface area contributed by atoms with E-state index in [1.165, 1.54) is 6.08 Å². The number of nitriles is 1. The molecule has 0 spiro atoms. The van der Waals surface area contributed by atoms with Crippen molar-refractivity contribution in [2.75, 3.05) is 6.61 Å². The van der Waals surface area contributed by atoms with E-state index in [1.807, 2.05) is 29.8 Å². The maximum atomic E-state index is 11.9. The van der Waals surface area contributed by atoms with Crippen molar-refractivity contribution in [1.82, 2.24) is 9.88 Å². The maximum Gasteiger partial charge on any atom is 0.338 e. The van der Waals surface area contributed by atoms with Gasteiger partial charge in [-0.05, 0) is 62.7 Å². The molecular formula is C20H20N4O4. The summed E-state index contributed by atoms with van der Waals surface area (Å²) in [4.78, 5) is 34.5. The average molecular weight is 380 g/mol. The number of nitrogens with two attached hydrogens (primary N) is 1. The fourth-order valence-corrected chi connectivity index (χ4v) is 2.78. The van der Waals surface area contributed by atoms with Gasteiger partial charge in [0.05, 0.1) is 12.2 Å². The van der Waals surface area contributed by atoms with Crippen molar-refractivity contribution in [2.45, 2.75) is 20.8 Å². The molecule has 1 aromatic carbocycles. The Morgan fingerprint density at radius 2 is 1.89 bits per heavy atom. The summed E-state index contributed by atoms with van der Waals surface area (Å²) in [5.41, 5.74) is 8.22. The highest BCUT2D eigenvalue weighted by Crippen LogP contribution is 2.23. The third-order valence-electron chi connectivity index (χ3n) is 4.01. The normalized spacial score (nSPS) is 10.9. The maximum absolute atomic E-state index is 11.9. The minimum Gasteiger partial charge on any atom is -0.462 e. The van der Waals surface area contributed by atoms with Crippen LogP contribution >= 0.6 is 0 Å². The highest BCUT2D eigenvalue weighted by molar-refractivity contribution is 6.08. The predicted molar refractivity (Wildman–Crippen MR) is 103 cm³/mol. The number of esters is 1. The molecule has 8 heteroatoms. The standard InChI is InChI=1S/C20H20N4O4/c1-4-28-19(26)14-5-7-17(8-6-14)24-12(2)9-15(13(24)3)10-16(11-21)18(25)23-20(22)27/h5-10H,4H2,1-3H3,(H3,22,23,25,27)/b16-10-. The van der Waals surface area contributed by atoms with E-state index in [2.05, 4.69) is 0 Å². The first-order valence-electron chi connectivity index (χ1n) is 8.47. The van der Waals surface area contributed by atoms with Crippen molar-refractivity contribution in [2.24, 2.45) is 5.73 Å². The van der Waals surface area contributed by atoms with E-state index in [0.29, 0.717) is 17.7 Å². The van der Waals surface area contributed by atoms with Crippen molar-refractivity contribution in [3.05, 3.63) is 58.4 Å². The molecule has 8 nitrogen and oxygen atoms in total. The molecule has 0 unspecified atom stereocenters. The molecule has 0 saturated heterocycles. The van der Waals surface area contributed by atoms with Crippen LogP contribution in [-0.4, -0.2) is 29.1 Å². The number of carbonyl (C=O) groups is 3. The number of benzene rings is 1. The zero-order chi connectivity index (χ0) is 20.8. The van der Waals surface area contributed by atoms with Crippen LogP contribution < -0.4 is 11.1 Å². The summed E-state index contributed by atoms with van der Waals surface area (Å²) >= 11 is 0. The molecule has 144 valence electrons. The van der Waals surface area contributed by atoms with Gasteiger partial charge in [0.15, 0.2) is 0 Å². The van der Waals surface area contributed by atoms with Crippen LogP contribution in [0.3, 0.4) is 0 Å². The minimum absolute atomic E-state index is 0.239. The van der Waals surface area contributed by atoms with Gasteiger partial charge in [0, 0.05) is 17.1 Å². The molecule has 3 N–H and O–H groups in total. The number of nitrogens with one attached hydrogen (secondary N) is 1. The van der Waals surface area contributed by atoms with Crippen LogP contribution in [0, 0.1) is 25.2 Å². The molecule has 0 aliphatic heterocycles. The van der Waals surface area contributed by atoms with Crippen LogP contribution in [0.4, 0.5) is 4.79 Å². The highest BCUT2D eigenvalue weighted by Gasteiger charge is 2.15. The highest BCUT2D eigenvalue weighted by atomic mass is 16.5. The Labute approximate surface area is 162 Å². The molecule has 0 aliphatic carbocycles. The minimum atomic E-state index is -1.03. The quantitative estimate of drug-likeness (QED) is 0.468. The average Bonchev–Trinajstić information content (AvgIpc) is 2.92. The smallest absolute Gasteiger partial charge is 0.338 e. The van der Waals surface area contributed by atoms with Crippen molar-refractivity contribution in [3.63, 3.8) is 0 Å². The summed E-state index contributed by atoms with van der Waals surface area (Å²) < 4.78 is 6.89. The SMILES string of the molecule is CCOC(=O)c1ccc(-n2c(C)cc(/C=C(/C#N)C(=O)NC(N)=O)c2C)cc1. The van der Waals surface area contributed by atoms with Gasteiger partial charge in [-0.1, -0.05) is 0 Å². The number of aromatic nitrogens is 1. The van der Waals surface area contributed by atoms with Crippen LogP contribution in [0.1, 0.15) is 34.2 Å². The summed E-state index contributed by atoms with van der Waals surface area (Å²) in [6.45, 7) is 5.75. The summed E-state index contributed by atoms with van der Waals surface area (Å²) in [5, 5.41) is 11.1. The van der Waals surface area contributed by atoms with E-state index in [1.54, 1.807) is 37.3 Å². The molecule has 2 aromatic rings. The molecule has 1 aromatic heterocycles. The molecule has 0 saturated carbocycles. The van der Waals surface area contributed by atoms with Crippen LogP contribution in [0.2, 0.25) is 0 Å². The fraction of sp³-hybridized carbons (Fsp3) is 0.200. The van der Waals surface area contributed by atoms with Gasteiger partial charge >= 0.3 is 12.0 Å². The second kappa shape index (κ2) is 8.68. The fourth-order valence-electron chi connectivity index (χ4n) is 2.78. The molecular weight excluding hydrogens is 360 g/mol. The summed E-state index contributed by atoms with van der Waals surface area (Å²) in [7, 11) is 0. The number of nitrogens with zero attached hydrogens (tertiary/aromatic N) is 2. The lowest BCUT2D eigenvalue weighted by molar-refractivity contribution is -0.115. The van der Waals surface area contributed by atoms with Crippen LogP contribution in [0.15, 0.2) is 35.9 Å². The van der Waals surface area contributed by atoms with E-state index in [0.717, 1.165) is 17.1 Å². The van der Waals surface area contributed by atoms with Gasteiger partial charge in [-0.25, -0.2) is 9.59 Å². The second-order valence-corrected chi connectivity index (χ2v) is 5.92. The number of urea groups is 1. The third kappa shape index (κ3) is 4.45. The molecule has 0 fully saturated rings. The first-order chi connectivity index (χ1) is 13.3. The van der Waals surface area contributed by atoms with Gasteiger partial charge < -0.3 is 15.0 Å². The Balaban J connectivity index is 2.40. The lowest BCUT2D eigenvalue weighted by Crippen LogP contribution is -2.35. The van der Waals surface area contributed by atoms with Gasteiger partial charge in [0.1, 0.15) is 11.6 Å². The Kier molecular flexibility index (Phi) is 6.34. The monoisotopic (exact) mass is 380 g/mol. The zero-order valence-electron chi connectivity index (χ0n) is 15.8. The van der Waals surface area contributed by atoms with Gasteiger partial charge in [0.25, 0.3) is 5.91 Å². The molecule has 0 radical (unpaired) electrons. The summed E-state index contributed by atoms with van der Waals surface area (Å²) in [5.74, 6) is -1.25. The molecule has 0 bridgehead atoms. The van der Waals surface area contributed by atoms with Crippen molar-refractivity contribution < 1.29 is 19.1 Å². The van der Waals surface area contributed by atoms with Gasteiger partial charge in [-0.2, -0.15) is 5.26 Å². The first kappa shape index (κ1) is 20.5. The van der Waals surface area contributed by atoms with Crippen molar-refractivity contribution in [1.29, 1.82) is 5.26 Å². The van der Waals surface area contributed by atoms with Crippen molar-refractivity contribution >= 4 is 24.0 Å². The second-order valence-electron chi connectivity index (χ2n) is 5.92. The number of hydrogen-bond donors (Lipinski definition) is 2. The number of ether oxygens (including phenoxy) is 1. The number of rotatable bonds is 5. The lowest BCUT2D eigenvalue weighted by atomic mass is 10.1. The van der Waals surface area contributed by atoms with Crippen molar-refractivity contribution in [3.8, 4) is 11.8 Å². The van der Waals surface area contributed by atoms with Crippen LogP contribution in [0.5, 0.6) is 0 Å². The van der Waals surface area contributed by atoms with E-state index < -0.39 is 17.9 Å². The number of carbonyl (C=O) groups excluding carboxylic acids is 3. The molecule has 2 rings (SSSR count). The molecule has 28 heavy (non-hydrogen) atoms. The topological polar surface area (TPSA) is 127 Å². The summed E-state index contributed by atoms with van der Waals surface area (Å²) in [6, 6.07) is 9.45. The Morgan fingerprint density at radius 3 is 2.43 bits per heavy atom. The van der Waals surface area contributed by atoms with E-state index in [-0.39, 0.29) is 5.57 Å². The number of aryl methyl sites for hydroxylation is 1. The number of amides is 3. The largest absolute Gasteiger partial charge is 0.462 e. The van der Waals surface area contributed by atoms with E-state index in [9.17, 15) is 19.6 Å².